The van der Waals surface area contributed by atoms with Crippen LogP contribution in [0.3, 0.4) is 0 Å². The number of unbranched alkanes of at least 4 members (excludes halogenated alkanes) is 1. The lowest BCUT2D eigenvalue weighted by Crippen LogP contribution is -2.39. The fourth-order valence-corrected chi connectivity index (χ4v) is 4.28. The number of carbonyl (C=O) groups excluding carboxylic acids is 2. The van der Waals surface area contributed by atoms with Gasteiger partial charge in [0.25, 0.3) is 0 Å². The first-order valence-electron chi connectivity index (χ1n) is 12.0. The third kappa shape index (κ3) is 5.50. The molecule has 1 aromatic heterocycles. The molecule has 3 aliphatic rings. The number of aliphatic carboxylic acids is 1. The summed E-state index contributed by atoms with van der Waals surface area (Å²) in [6.45, 7) is 1.28. The lowest BCUT2D eigenvalue weighted by atomic mass is 10.1. The van der Waals surface area contributed by atoms with Gasteiger partial charge in [-0.15, -0.1) is 0 Å². The molecular formula is C23H29N7O8. The number of aromatic nitrogens is 2. The molecule has 1 aromatic rings. The van der Waals surface area contributed by atoms with Gasteiger partial charge in [-0.05, 0) is 19.3 Å². The molecule has 3 aliphatic heterocycles. The monoisotopic (exact) mass is 531 g/mol. The number of amidine groups is 1. The topological polar surface area (TPSA) is 211 Å². The summed E-state index contributed by atoms with van der Waals surface area (Å²) >= 11 is 0. The number of hydrogen-bond donors (Lipinski definition) is 6. The predicted molar refractivity (Wildman–Crippen MR) is 131 cm³/mol. The molecule has 4 rings (SSSR count). The van der Waals surface area contributed by atoms with Crippen molar-refractivity contribution in [1.29, 1.82) is 0 Å². The number of rotatable bonds is 11. The highest BCUT2D eigenvalue weighted by atomic mass is 16.6. The third-order valence-corrected chi connectivity index (χ3v) is 6.23. The fraction of sp³-hybridized carbons (Fsp3) is 0.478. The van der Waals surface area contributed by atoms with Crippen LogP contribution in [0.2, 0.25) is 0 Å². The number of aldehydes is 1. The summed E-state index contributed by atoms with van der Waals surface area (Å²) in [4.78, 5) is 48.8. The Kier molecular flexibility index (Phi) is 8.31. The van der Waals surface area contributed by atoms with Crippen molar-refractivity contribution in [3.05, 3.63) is 35.7 Å². The van der Waals surface area contributed by atoms with E-state index in [9.17, 15) is 34.8 Å². The van der Waals surface area contributed by atoms with E-state index in [-0.39, 0.29) is 12.0 Å². The maximum Gasteiger partial charge on any atom is 0.326 e. The highest BCUT2D eigenvalue weighted by Gasteiger charge is 2.45. The number of fused-ring (bicyclic) bond motifs is 3. The predicted octanol–water partition coefficient (Wildman–Crippen LogP) is -1.50. The number of hydrogen-bond acceptors (Lipinski definition) is 12. The number of aliphatic hydroxyl groups excluding tert-OH is 3. The average Bonchev–Trinajstić information content (AvgIpc) is 3.45. The van der Waals surface area contributed by atoms with Crippen LogP contribution in [0.15, 0.2) is 40.0 Å². The molecule has 0 spiro atoms. The van der Waals surface area contributed by atoms with Crippen molar-refractivity contribution in [2.45, 2.75) is 56.8 Å². The Balaban J connectivity index is 1.44. The molecule has 0 radical (unpaired) electrons. The van der Waals surface area contributed by atoms with E-state index in [1.807, 2.05) is 0 Å². The van der Waals surface area contributed by atoms with Gasteiger partial charge in [0, 0.05) is 25.9 Å². The van der Waals surface area contributed by atoms with Crippen molar-refractivity contribution in [2.24, 2.45) is 9.98 Å². The number of nitrogens with zero attached hydrogens (tertiary/aromatic N) is 5. The summed E-state index contributed by atoms with van der Waals surface area (Å²) in [6, 6.07) is -0.943. The molecule has 0 aromatic carbocycles. The number of carboxylic acid groups (broad SMARTS) is 1. The zero-order valence-corrected chi connectivity index (χ0v) is 20.5. The lowest BCUT2D eigenvalue weighted by Gasteiger charge is -2.26. The average molecular weight is 532 g/mol. The Labute approximate surface area is 216 Å². The molecule has 0 aliphatic carbocycles. The Morgan fingerprint density at radius 2 is 2.05 bits per heavy atom. The van der Waals surface area contributed by atoms with Crippen LogP contribution >= 0.6 is 0 Å². The number of allylic oxidation sites excluding steroid dienone is 1. The van der Waals surface area contributed by atoms with E-state index >= 15 is 0 Å². The van der Waals surface area contributed by atoms with Crippen molar-refractivity contribution in [3.63, 3.8) is 0 Å². The van der Waals surface area contributed by atoms with Gasteiger partial charge in [-0.3, -0.25) is 19.1 Å². The molecule has 0 saturated carbocycles. The first-order chi connectivity index (χ1) is 18.2. The van der Waals surface area contributed by atoms with E-state index in [0.717, 1.165) is 0 Å². The standard InChI is InChI=1S/C23H29N7O8/c1-12(33)27-14(23(36)37)4-2-3-5-24-6-15-13(8-31)7-29-10-26-20-17(21(29)28-15)25-11-30(20)22-19(35)18(34)16(9-32)38-22/h6-8,10-11,14,16,18-19,22,24,32,34-35H,2-5,9H2,1H3,(H,27,33)(H,36,37)/b15-6+/t14-,16+,18+,19+,22+/m0/s1. The van der Waals surface area contributed by atoms with Crippen LogP contribution in [-0.2, 0) is 19.1 Å². The summed E-state index contributed by atoms with van der Waals surface area (Å²) in [7, 11) is 0. The minimum atomic E-state index is -1.31. The second kappa shape index (κ2) is 11.6. The Morgan fingerprint density at radius 3 is 2.71 bits per heavy atom. The van der Waals surface area contributed by atoms with E-state index in [0.29, 0.717) is 48.7 Å². The van der Waals surface area contributed by atoms with Gasteiger partial charge < -0.3 is 35.8 Å². The molecule has 204 valence electrons. The Morgan fingerprint density at radius 1 is 1.26 bits per heavy atom. The number of amides is 1. The van der Waals surface area contributed by atoms with Gasteiger partial charge >= 0.3 is 5.97 Å². The first kappa shape index (κ1) is 27.1. The maximum atomic E-state index is 11.7. The second-order valence-electron chi connectivity index (χ2n) is 8.91. The van der Waals surface area contributed by atoms with Crippen LogP contribution in [0.4, 0.5) is 5.82 Å². The van der Waals surface area contributed by atoms with Crippen LogP contribution < -0.4 is 10.6 Å². The zero-order valence-electron chi connectivity index (χ0n) is 20.5. The van der Waals surface area contributed by atoms with Gasteiger partial charge in [0.1, 0.15) is 30.7 Å². The Bertz CT molecular complexity index is 1210. The second-order valence-corrected chi connectivity index (χ2v) is 8.91. The maximum absolute atomic E-state index is 11.7. The molecule has 15 nitrogen and oxygen atoms in total. The number of carbonyl (C=O) groups is 3. The van der Waals surface area contributed by atoms with Crippen molar-refractivity contribution < 1.29 is 39.5 Å². The van der Waals surface area contributed by atoms with Crippen LogP contribution in [-0.4, -0.2) is 103 Å². The van der Waals surface area contributed by atoms with E-state index in [4.69, 9.17) is 4.74 Å². The first-order valence-corrected chi connectivity index (χ1v) is 12.0. The lowest BCUT2D eigenvalue weighted by molar-refractivity contribution is -0.141. The van der Waals surface area contributed by atoms with Gasteiger partial charge in [0.2, 0.25) is 5.91 Å². The summed E-state index contributed by atoms with van der Waals surface area (Å²) in [5, 5.41) is 44.5. The van der Waals surface area contributed by atoms with Crippen LogP contribution in [0.5, 0.6) is 0 Å². The molecule has 15 heteroatoms. The van der Waals surface area contributed by atoms with Gasteiger partial charge in [0.15, 0.2) is 29.9 Å². The largest absolute Gasteiger partial charge is 0.480 e. The van der Waals surface area contributed by atoms with Crippen molar-refractivity contribution in [2.75, 3.05) is 13.2 Å². The minimum absolute atomic E-state index is 0.282. The molecule has 1 fully saturated rings. The Hall–Kier alpha value is -3.92. The highest BCUT2D eigenvalue weighted by molar-refractivity contribution is 6.11. The van der Waals surface area contributed by atoms with Gasteiger partial charge in [0.05, 0.1) is 24.2 Å². The van der Waals surface area contributed by atoms with E-state index in [1.165, 1.54) is 29.1 Å². The van der Waals surface area contributed by atoms with Crippen LogP contribution in [0.25, 0.3) is 0 Å². The molecule has 0 unspecified atom stereocenters. The number of ether oxygens (including phenoxy) is 1. The number of imidazole rings is 1. The quantitative estimate of drug-likeness (QED) is 0.143. The SMILES string of the molecule is CC(=O)N[C@@H](CCCCN/C=C1/N=C2c3ncn([C@@H]4O[C@H](CO)[C@@H](O)[C@H]4O)c3N=CN2C=C1C=O)C(=O)O. The normalized spacial score (nSPS) is 25.8. The summed E-state index contributed by atoms with van der Waals surface area (Å²) in [6.07, 6.45) is 3.47. The highest BCUT2D eigenvalue weighted by Crippen LogP contribution is 2.36. The van der Waals surface area contributed by atoms with Gasteiger partial charge in [-0.25, -0.2) is 19.8 Å². The van der Waals surface area contributed by atoms with E-state index < -0.39 is 49.1 Å². The summed E-state index contributed by atoms with van der Waals surface area (Å²) in [5.74, 6) is -0.801. The van der Waals surface area contributed by atoms with Crippen molar-refractivity contribution in [1.82, 2.24) is 25.1 Å². The molecule has 38 heavy (non-hydrogen) atoms. The van der Waals surface area contributed by atoms with Gasteiger partial charge in [-0.1, -0.05) is 0 Å². The molecule has 1 saturated heterocycles. The molecule has 4 heterocycles. The van der Waals surface area contributed by atoms with E-state index in [2.05, 4.69) is 25.6 Å². The molecule has 6 N–H and O–H groups in total. The number of carboxylic acids is 1. The van der Waals surface area contributed by atoms with Crippen molar-refractivity contribution >= 4 is 36.2 Å². The molecule has 5 atom stereocenters. The fourth-order valence-electron chi connectivity index (χ4n) is 4.28. The number of aliphatic hydroxyl groups is 3. The third-order valence-electron chi connectivity index (χ3n) is 6.23. The number of nitrogens with one attached hydrogen (secondary N) is 2. The van der Waals surface area contributed by atoms with E-state index in [1.54, 1.807) is 12.4 Å². The zero-order chi connectivity index (χ0) is 27.4. The molecule has 1 amide bonds. The van der Waals surface area contributed by atoms with Gasteiger partial charge in [-0.2, -0.15) is 0 Å². The van der Waals surface area contributed by atoms with Crippen LogP contribution in [0, 0.1) is 0 Å². The number of aliphatic imine (C=N–C) groups is 2. The van der Waals surface area contributed by atoms with Crippen molar-refractivity contribution in [3.8, 4) is 0 Å². The summed E-state index contributed by atoms with van der Waals surface area (Å²) in [5.41, 5.74) is 0.988. The summed E-state index contributed by atoms with van der Waals surface area (Å²) < 4.78 is 7.03. The molecule has 0 bridgehead atoms. The molecular weight excluding hydrogens is 502 g/mol. The van der Waals surface area contributed by atoms with Crippen LogP contribution in [0.1, 0.15) is 38.1 Å². The minimum Gasteiger partial charge on any atom is -0.480 e. The smallest absolute Gasteiger partial charge is 0.326 e.